The number of hydrogen-bond acceptors (Lipinski definition) is 5. The third kappa shape index (κ3) is 2.35. The molecule has 8 heteroatoms. The Morgan fingerprint density at radius 3 is 2.71 bits per heavy atom. The van der Waals surface area contributed by atoms with Gasteiger partial charge in [-0.2, -0.15) is 0 Å². The van der Waals surface area contributed by atoms with Crippen molar-refractivity contribution in [3.63, 3.8) is 0 Å². The average molecular weight is 390 g/mol. The summed E-state index contributed by atoms with van der Waals surface area (Å²) in [5, 5.41) is 7.56. The maximum atomic E-state index is 13.7. The summed E-state index contributed by atoms with van der Waals surface area (Å²) in [5.41, 5.74) is 13.6. The summed E-state index contributed by atoms with van der Waals surface area (Å²) in [5.74, 6) is -0.643. The number of aromatic nitrogens is 2. The van der Waals surface area contributed by atoms with E-state index in [4.69, 9.17) is 16.9 Å². The number of rotatable bonds is 2. The zero-order valence-corrected chi connectivity index (χ0v) is 14.2. The van der Waals surface area contributed by atoms with E-state index in [1.807, 2.05) is 6.92 Å². The lowest BCUT2D eigenvalue weighted by Crippen LogP contribution is -2.15. The molecule has 2 aromatic heterocycles. The Morgan fingerprint density at radius 2 is 2.04 bits per heavy atom. The highest BCUT2D eigenvalue weighted by Crippen LogP contribution is 2.36. The maximum Gasteiger partial charge on any atom is 0.272 e. The van der Waals surface area contributed by atoms with Crippen molar-refractivity contribution in [2.45, 2.75) is 6.92 Å². The van der Waals surface area contributed by atoms with Gasteiger partial charge in [0.2, 0.25) is 0 Å². The molecule has 1 aromatic carbocycles. The average Bonchev–Trinajstić information content (AvgIpc) is 2.53. The van der Waals surface area contributed by atoms with Crippen LogP contribution in [0.1, 0.15) is 11.1 Å². The van der Waals surface area contributed by atoms with E-state index >= 15 is 0 Å². The molecule has 0 unspecified atom stereocenters. The highest BCUT2D eigenvalue weighted by atomic mass is 79.9. The zero-order chi connectivity index (χ0) is 17.6. The first-order valence-electron chi connectivity index (χ1n) is 6.92. The number of aryl methyl sites for hydroxylation is 1. The van der Waals surface area contributed by atoms with Gasteiger partial charge >= 0.3 is 0 Å². The molecule has 0 fully saturated rings. The number of halogens is 2. The van der Waals surface area contributed by atoms with Crippen molar-refractivity contribution in [3.8, 4) is 11.1 Å². The van der Waals surface area contributed by atoms with Gasteiger partial charge < -0.3 is 21.9 Å². The second kappa shape index (κ2) is 5.72. The summed E-state index contributed by atoms with van der Waals surface area (Å²) in [7, 11) is 0. The van der Waals surface area contributed by atoms with E-state index in [0.717, 1.165) is 11.8 Å². The predicted octanol–water partition coefficient (Wildman–Crippen LogP) is 2.96. The fourth-order valence-corrected chi connectivity index (χ4v) is 3.17. The van der Waals surface area contributed by atoms with E-state index in [2.05, 4.69) is 25.9 Å². The fourth-order valence-electron chi connectivity index (χ4n) is 2.65. The van der Waals surface area contributed by atoms with Gasteiger partial charge in [-0.25, -0.2) is 9.37 Å². The summed E-state index contributed by atoms with van der Waals surface area (Å²) in [6, 6.07) is 4.37. The molecule has 0 spiro atoms. The molecule has 0 bridgehead atoms. The van der Waals surface area contributed by atoms with Crippen molar-refractivity contribution in [2.75, 3.05) is 11.5 Å². The number of pyridine rings is 2. The summed E-state index contributed by atoms with van der Waals surface area (Å²) in [6.07, 6.45) is 0.936. The molecule has 0 aliphatic rings. The number of hydrogen-bond donors (Lipinski definition) is 4. The van der Waals surface area contributed by atoms with E-state index in [1.54, 1.807) is 6.07 Å². The lowest BCUT2D eigenvalue weighted by atomic mass is 9.96. The van der Waals surface area contributed by atoms with Crippen molar-refractivity contribution in [1.29, 1.82) is 5.41 Å². The van der Waals surface area contributed by atoms with E-state index < -0.39 is 11.4 Å². The van der Waals surface area contributed by atoms with Crippen molar-refractivity contribution in [1.82, 2.24) is 9.97 Å². The van der Waals surface area contributed by atoms with Crippen molar-refractivity contribution in [2.24, 2.45) is 0 Å². The molecule has 0 amide bonds. The molecule has 0 aliphatic heterocycles. The van der Waals surface area contributed by atoms with Gasteiger partial charge in [-0.15, -0.1) is 0 Å². The smallest absolute Gasteiger partial charge is 0.272 e. The Morgan fingerprint density at radius 1 is 1.33 bits per heavy atom. The topological polar surface area (TPSA) is 122 Å². The molecule has 2 heterocycles. The second-order valence-corrected chi connectivity index (χ2v) is 6.11. The second-order valence-electron chi connectivity index (χ2n) is 5.29. The third-order valence-electron chi connectivity index (χ3n) is 3.82. The Balaban J connectivity index is 2.56. The molecule has 0 atom stereocenters. The molecule has 122 valence electrons. The third-order valence-corrected chi connectivity index (χ3v) is 4.23. The predicted molar refractivity (Wildman–Crippen MR) is 96.9 cm³/mol. The van der Waals surface area contributed by atoms with Gasteiger partial charge in [0.05, 0.1) is 16.7 Å². The standard InChI is InChI=1S/C16H13BrFN5O/c1-6-4-10(17)22-15-11(13(21)16(24)23-14(6)15)7-2-3-9(18)12(20)8(7)5-19/h2-5,19H,20-21H2,1H3,(H,23,24). The van der Waals surface area contributed by atoms with Crippen LogP contribution in [0.15, 0.2) is 27.6 Å². The maximum absolute atomic E-state index is 13.7. The molecular weight excluding hydrogens is 377 g/mol. The van der Waals surface area contributed by atoms with Gasteiger partial charge in [-0.1, -0.05) is 6.07 Å². The molecule has 3 rings (SSSR count). The summed E-state index contributed by atoms with van der Waals surface area (Å²) in [4.78, 5) is 19.3. The molecule has 24 heavy (non-hydrogen) atoms. The van der Waals surface area contributed by atoms with Gasteiger partial charge in [0.1, 0.15) is 16.1 Å². The van der Waals surface area contributed by atoms with Crippen LogP contribution in [-0.2, 0) is 0 Å². The lowest BCUT2D eigenvalue weighted by Gasteiger charge is -2.14. The number of nitrogen functional groups attached to an aromatic ring is 2. The number of nitrogens with one attached hydrogen (secondary N) is 2. The normalized spacial score (nSPS) is 11.0. The zero-order valence-electron chi connectivity index (χ0n) is 12.6. The number of nitrogens with two attached hydrogens (primary N) is 2. The summed E-state index contributed by atoms with van der Waals surface area (Å²) in [6.45, 7) is 1.82. The van der Waals surface area contributed by atoms with Gasteiger partial charge in [0.25, 0.3) is 5.56 Å². The van der Waals surface area contributed by atoms with E-state index in [-0.39, 0.29) is 16.9 Å². The van der Waals surface area contributed by atoms with E-state index in [9.17, 15) is 9.18 Å². The number of fused-ring (bicyclic) bond motifs is 1. The van der Waals surface area contributed by atoms with Crippen LogP contribution < -0.4 is 17.0 Å². The molecule has 6 N–H and O–H groups in total. The molecule has 0 saturated heterocycles. The van der Waals surface area contributed by atoms with Crippen LogP contribution in [0.5, 0.6) is 0 Å². The number of H-pyrrole nitrogens is 1. The molecule has 0 radical (unpaired) electrons. The van der Waals surface area contributed by atoms with Crippen LogP contribution in [0.2, 0.25) is 0 Å². The van der Waals surface area contributed by atoms with E-state index in [1.165, 1.54) is 12.1 Å². The number of aromatic amines is 1. The first kappa shape index (κ1) is 16.1. The van der Waals surface area contributed by atoms with Crippen LogP contribution in [0.3, 0.4) is 0 Å². The van der Waals surface area contributed by atoms with Crippen LogP contribution in [0.25, 0.3) is 22.2 Å². The van der Waals surface area contributed by atoms with Crippen molar-refractivity contribution < 1.29 is 4.39 Å². The Kier molecular flexibility index (Phi) is 3.84. The quantitative estimate of drug-likeness (QED) is 0.305. The van der Waals surface area contributed by atoms with Gasteiger partial charge in [-0.05, 0) is 46.1 Å². The number of nitrogens with zero attached hydrogens (tertiary/aromatic N) is 1. The molecule has 0 saturated carbocycles. The minimum atomic E-state index is -0.643. The van der Waals surface area contributed by atoms with Crippen LogP contribution in [0.4, 0.5) is 15.8 Å². The van der Waals surface area contributed by atoms with Crippen LogP contribution >= 0.6 is 15.9 Å². The lowest BCUT2D eigenvalue weighted by molar-refractivity contribution is 0.632. The first-order chi connectivity index (χ1) is 11.3. The summed E-state index contributed by atoms with van der Waals surface area (Å²) < 4.78 is 14.3. The summed E-state index contributed by atoms with van der Waals surface area (Å²) >= 11 is 3.32. The SMILES string of the molecule is Cc1cc(Br)nc2c(-c3ccc(F)c(N)c3C=N)c(N)c(=O)[nH]c12. The Labute approximate surface area is 144 Å². The highest BCUT2D eigenvalue weighted by molar-refractivity contribution is 9.10. The van der Waals surface area contributed by atoms with E-state index in [0.29, 0.717) is 26.8 Å². The molecular formula is C16H13BrFN5O. The van der Waals surface area contributed by atoms with Gasteiger partial charge in [-0.3, -0.25) is 4.79 Å². The monoisotopic (exact) mass is 389 g/mol. The van der Waals surface area contributed by atoms with Crippen molar-refractivity contribution >= 4 is 44.6 Å². The number of anilines is 2. The molecule has 6 nitrogen and oxygen atoms in total. The minimum absolute atomic E-state index is 0.0680. The first-order valence-corrected chi connectivity index (χ1v) is 7.72. The van der Waals surface area contributed by atoms with Crippen LogP contribution in [0, 0.1) is 18.2 Å². The Bertz CT molecular complexity index is 1060. The van der Waals surface area contributed by atoms with Crippen LogP contribution in [-0.4, -0.2) is 16.2 Å². The molecule has 0 aliphatic carbocycles. The highest BCUT2D eigenvalue weighted by Gasteiger charge is 2.19. The van der Waals surface area contributed by atoms with Crippen molar-refractivity contribution in [3.05, 3.63) is 50.1 Å². The van der Waals surface area contributed by atoms with Gasteiger partial charge in [0, 0.05) is 17.3 Å². The number of benzene rings is 1. The fraction of sp³-hybridized carbons (Fsp3) is 0.0625. The minimum Gasteiger partial charge on any atom is -0.396 e. The largest absolute Gasteiger partial charge is 0.396 e. The van der Waals surface area contributed by atoms with Gasteiger partial charge in [0.15, 0.2) is 0 Å². The Hall–Kier alpha value is -2.74. The molecule has 3 aromatic rings.